The molecule has 1 aromatic heterocycles. The highest BCUT2D eigenvalue weighted by atomic mass is 16.5. The number of ketones is 1. The van der Waals surface area contributed by atoms with Gasteiger partial charge < -0.3 is 20.6 Å². The van der Waals surface area contributed by atoms with E-state index in [1.807, 2.05) is 24.3 Å². The molecule has 1 heterocycles. The maximum atomic E-state index is 11.1. The van der Waals surface area contributed by atoms with Crippen LogP contribution < -0.4 is 10.1 Å². The molecule has 6 heteroatoms. The summed E-state index contributed by atoms with van der Waals surface area (Å²) in [5, 5.41) is 20.3. The van der Waals surface area contributed by atoms with Gasteiger partial charge in [-0.05, 0) is 30.7 Å². The second-order valence-electron chi connectivity index (χ2n) is 5.75. The zero-order valence-corrected chi connectivity index (χ0v) is 14.2. The highest BCUT2D eigenvalue weighted by Gasteiger charge is 2.07. The number of nitrogens with one attached hydrogen (secondary N) is 2. The van der Waals surface area contributed by atoms with Crippen LogP contribution in [-0.4, -0.2) is 41.8 Å². The molecule has 2 rings (SSSR count). The van der Waals surface area contributed by atoms with E-state index < -0.39 is 6.10 Å². The summed E-state index contributed by atoms with van der Waals surface area (Å²) in [6.07, 6.45) is 2.53. The van der Waals surface area contributed by atoms with Crippen LogP contribution in [0.2, 0.25) is 0 Å². The first kappa shape index (κ1) is 18.8. The molecule has 132 valence electrons. The topological polar surface area (TPSA) is 95.3 Å². The third-order valence-electron chi connectivity index (χ3n) is 3.60. The van der Waals surface area contributed by atoms with Crippen LogP contribution in [0.3, 0.4) is 0 Å². The summed E-state index contributed by atoms with van der Waals surface area (Å²) < 4.78 is 5.62. The van der Waals surface area contributed by atoms with Gasteiger partial charge in [0.2, 0.25) is 0 Å². The molecule has 0 bridgehead atoms. The van der Waals surface area contributed by atoms with Gasteiger partial charge in [-0.3, -0.25) is 9.78 Å². The number of rotatable bonds is 10. The zero-order valence-electron chi connectivity index (χ0n) is 14.2. The van der Waals surface area contributed by atoms with Crippen molar-refractivity contribution in [1.82, 2.24) is 10.3 Å². The van der Waals surface area contributed by atoms with E-state index >= 15 is 0 Å². The average Bonchev–Trinajstić information content (AvgIpc) is 2.62. The Kier molecular flexibility index (Phi) is 7.25. The van der Waals surface area contributed by atoms with Gasteiger partial charge in [0.25, 0.3) is 0 Å². The number of carbonyl (C=O) groups is 1. The number of pyridine rings is 1. The smallest absolute Gasteiger partial charge is 0.134 e. The molecule has 0 spiro atoms. The number of aromatic nitrogens is 1. The van der Waals surface area contributed by atoms with E-state index in [1.54, 1.807) is 25.3 Å². The number of Topliss-reactive ketones (excluding diaryl/α,β-unsaturated/α-hetero) is 1. The third-order valence-corrected chi connectivity index (χ3v) is 3.60. The summed E-state index contributed by atoms with van der Waals surface area (Å²) in [5.41, 5.74) is 2.25. The monoisotopic (exact) mass is 341 g/mol. The van der Waals surface area contributed by atoms with Crippen molar-refractivity contribution >= 4 is 12.0 Å². The molecule has 1 atom stereocenters. The summed E-state index contributed by atoms with van der Waals surface area (Å²) in [6, 6.07) is 10.9. The number of benzene rings is 1. The van der Waals surface area contributed by atoms with Crippen molar-refractivity contribution in [2.75, 3.05) is 19.7 Å². The quantitative estimate of drug-likeness (QED) is 0.453. The van der Waals surface area contributed by atoms with E-state index in [2.05, 4.69) is 10.3 Å². The lowest BCUT2D eigenvalue weighted by Crippen LogP contribution is -2.26. The molecule has 2 aromatic rings. The normalized spacial score (nSPS) is 11.8. The number of nitrogens with zero attached hydrogens (tertiary/aromatic N) is 1. The molecule has 0 aliphatic heterocycles. The molecule has 0 fully saturated rings. The largest absolute Gasteiger partial charge is 0.492 e. The molecule has 1 unspecified atom stereocenters. The Hall–Kier alpha value is -2.57. The van der Waals surface area contributed by atoms with Crippen LogP contribution in [0.4, 0.5) is 0 Å². The highest BCUT2D eigenvalue weighted by molar-refractivity contribution is 5.78. The van der Waals surface area contributed by atoms with Crippen molar-refractivity contribution in [2.24, 2.45) is 0 Å². The Morgan fingerprint density at radius 1 is 1.32 bits per heavy atom. The first-order chi connectivity index (χ1) is 12.1. The van der Waals surface area contributed by atoms with Crippen molar-refractivity contribution in [3.63, 3.8) is 0 Å². The fraction of sp³-hybridized carbons (Fsp3) is 0.316. The molecule has 1 aromatic carbocycles. The predicted octanol–water partition coefficient (Wildman–Crippen LogP) is 1.91. The number of hydrogen-bond donors (Lipinski definition) is 3. The minimum atomic E-state index is -0.654. The fourth-order valence-electron chi connectivity index (χ4n) is 2.29. The van der Waals surface area contributed by atoms with Gasteiger partial charge in [-0.25, -0.2) is 0 Å². The molecule has 6 nitrogen and oxygen atoms in total. The maximum Gasteiger partial charge on any atom is 0.134 e. The maximum absolute atomic E-state index is 11.1. The Morgan fingerprint density at radius 2 is 2.08 bits per heavy atom. The minimum absolute atomic E-state index is 0.138. The molecule has 3 N–H and O–H groups in total. The molecule has 25 heavy (non-hydrogen) atoms. The fourth-order valence-corrected chi connectivity index (χ4v) is 2.29. The zero-order chi connectivity index (χ0) is 18.1. The van der Waals surface area contributed by atoms with Crippen molar-refractivity contribution in [3.05, 3.63) is 59.4 Å². The van der Waals surface area contributed by atoms with E-state index in [9.17, 15) is 9.90 Å². The molecule has 0 saturated carbocycles. The summed E-state index contributed by atoms with van der Waals surface area (Å²) in [6.45, 7) is 3.04. The third kappa shape index (κ3) is 6.45. The molecule has 0 saturated heterocycles. The van der Waals surface area contributed by atoms with E-state index in [0.717, 1.165) is 11.3 Å². The van der Waals surface area contributed by atoms with Gasteiger partial charge in [0.05, 0.1) is 11.8 Å². The number of ether oxygens (including phenoxy) is 1. The van der Waals surface area contributed by atoms with Gasteiger partial charge in [0.1, 0.15) is 18.1 Å². The summed E-state index contributed by atoms with van der Waals surface area (Å²) in [5.74, 6) is 0.889. The molecule has 0 radical (unpaired) electrons. The molecular formula is C19H23N3O3. The summed E-state index contributed by atoms with van der Waals surface area (Å²) >= 11 is 0. The SMILES string of the molecule is CC(=O)Cc1ccc(OCCNCC(O)c2ccc(C=N)nc2)cc1. The van der Waals surface area contributed by atoms with Crippen LogP contribution in [0, 0.1) is 5.41 Å². The van der Waals surface area contributed by atoms with Crippen molar-refractivity contribution in [1.29, 1.82) is 5.41 Å². The highest BCUT2D eigenvalue weighted by Crippen LogP contribution is 2.13. The Morgan fingerprint density at radius 3 is 2.68 bits per heavy atom. The van der Waals surface area contributed by atoms with Crippen LogP contribution in [0.5, 0.6) is 5.75 Å². The molecule has 0 aliphatic rings. The molecule has 0 amide bonds. The summed E-state index contributed by atoms with van der Waals surface area (Å²) in [7, 11) is 0. The van der Waals surface area contributed by atoms with Crippen LogP contribution in [0.25, 0.3) is 0 Å². The number of carbonyl (C=O) groups excluding carboxylic acids is 1. The van der Waals surface area contributed by atoms with Gasteiger partial charge in [-0.15, -0.1) is 0 Å². The van der Waals surface area contributed by atoms with Gasteiger partial charge in [-0.1, -0.05) is 18.2 Å². The van der Waals surface area contributed by atoms with E-state index in [4.69, 9.17) is 10.1 Å². The number of aliphatic hydroxyl groups is 1. The predicted molar refractivity (Wildman–Crippen MR) is 96.3 cm³/mol. The Balaban J connectivity index is 1.66. The standard InChI is InChI=1S/C19H23N3O3/c1-14(23)10-15-2-6-18(7-3-15)25-9-8-21-13-19(24)16-4-5-17(11-20)22-12-16/h2-7,11-12,19-21,24H,8-10,13H2,1H3. The minimum Gasteiger partial charge on any atom is -0.492 e. The van der Waals surface area contributed by atoms with Crippen LogP contribution in [-0.2, 0) is 11.2 Å². The lowest BCUT2D eigenvalue weighted by molar-refractivity contribution is -0.116. The van der Waals surface area contributed by atoms with Crippen LogP contribution in [0.15, 0.2) is 42.6 Å². The van der Waals surface area contributed by atoms with E-state index in [-0.39, 0.29) is 5.78 Å². The summed E-state index contributed by atoms with van der Waals surface area (Å²) in [4.78, 5) is 15.1. The van der Waals surface area contributed by atoms with E-state index in [1.165, 1.54) is 6.21 Å². The van der Waals surface area contributed by atoms with Crippen LogP contribution in [0.1, 0.15) is 29.8 Å². The van der Waals surface area contributed by atoms with Crippen molar-refractivity contribution in [2.45, 2.75) is 19.4 Å². The lowest BCUT2D eigenvalue weighted by Gasteiger charge is -2.12. The second kappa shape index (κ2) is 9.66. The van der Waals surface area contributed by atoms with Crippen molar-refractivity contribution in [3.8, 4) is 5.75 Å². The average molecular weight is 341 g/mol. The Labute approximate surface area is 147 Å². The van der Waals surface area contributed by atoms with Gasteiger partial charge >= 0.3 is 0 Å². The van der Waals surface area contributed by atoms with Gasteiger partial charge in [0.15, 0.2) is 0 Å². The number of hydrogen-bond acceptors (Lipinski definition) is 6. The van der Waals surface area contributed by atoms with Crippen LogP contribution >= 0.6 is 0 Å². The second-order valence-corrected chi connectivity index (χ2v) is 5.75. The Bertz CT molecular complexity index is 684. The number of aliphatic hydroxyl groups excluding tert-OH is 1. The molecule has 0 aliphatic carbocycles. The van der Waals surface area contributed by atoms with E-state index in [0.29, 0.717) is 37.4 Å². The first-order valence-corrected chi connectivity index (χ1v) is 8.15. The first-order valence-electron chi connectivity index (χ1n) is 8.15. The van der Waals surface area contributed by atoms with Crippen molar-refractivity contribution < 1.29 is 14.6 Å². The lowest BCUT2D eigenvalue weighted by atomic mass is 10.1. The molecular weight excluding hydrogens is 318 g/mol. The van der Waals surface area contributed by atoms with Gasteiger partial charge in [-0.2, -0.15) is 0 Å². The van der Waals surface area contributed by atoms with Gasteiger partial charge in [0, 0.05) is 37.5 Å².